The Morgan fingerprint density at radius 2 is 1.82 bits per heavy atom. The fourth-order valence-electron chi connectivity index (χ4n) is 3.61. The number of hydrogen-bond acceptors (Lipinski definition) is 7. The lowest BCUT2D eigenvalue weighted by molar-refractivity contribution is -0.127. The second kappa shape index (κ2) is 10.6. The zero-order chi connectivity index (χ0) is 23.9. The number of benzene rings is 1. The average Bonchev–Trinajstić information content (AvgIpc) is 3.37. The first-order valence-electron chi connectivity index (χ1n) is 10.7. The van der Waals surface area contributed by atoms with Crippen molar-refractivity contribution >= 4 is 24.0 Å². The first-order chi connectivity index (χ1) is 16.5. The third-order valence-electron chi connectivity index (χ3n) is 5.33. The van der Waals surface area contributed by atoms with Crippen LogP contribution in [0.5, 0.6) is 0 Å². The zero-order valence-corrected chi connectivity index (χ0v) is 18.1. The van der Waals surface area contributed by atoms with Gasteiger partial charge in [0, 0.05) is 30.8 Å². The van der Waals surface area contributed by atoms with Gasteiger partial charge in [0.15, 0.2) is 0 Å². The van der Waals surface area contributed by atoms with Gasteiger partial charge in [-0.2, -0.15) is 4.98 Å². The highest BCUT2D eigenvalue weighted by atomic mass is 19.1. The minimum absolute atomic E-state index is 0.0861. The molecule has 1 fully saturated rings. The van der Waals surface area contributed by atoms with Gasteiger partial charge >= 0.3 is 0 Å². The van der Waals surface area contributed by atoms with Crippen LogP contribution in [-0.4, -0.2) is 50.1 Å². The first-order valence-corrected chi connectivity index (χ1v) is 10.7. The quantitative estimate of drug-likeness (QED) is 0.327. The number of likely N-dealkylation sites (tertiary alicyclic amines) is 1. The van der Waals surface area contributed by atoms with E-state index in [4.69, 9.17) is 9.73 Å². The summed E-state index contributed by atoms with van der Waals surface area (Å²) in [7, 11) is 0. The van der Waals surface area contributed by atoms with Gasteiger partial charge in [0.05, 0.1) is 17.3 Å². The molecule has 34 heavy (non-hydrogen) atoms. The van der Waals surface area contributed by atoms with Gasteiger partial charge in [0.2, 0.25) is 17.6 Å². The molecule has 1 aromatic carbocycles. The van der Waals surface area contributed by atoms with Crippen LogP contribution in [0.15, 0.2) is 59.1 Å². The maximum absolute atomic E-state index is 13.1. The molecule has 10 heteroatoms. The Hall–Kier alpha value is -4.18. The van der Waals surface area contributed by atoms with Gasteiger partial charge in [-0.05, 0) is 61.4 Å². The first kappa shape index (κ1) is 23.0. The molecule has 3 aromatic rings. The Labute approximate surface area is 194 Å². The Balaban J connectivity index is 1.39. The van der Waals surface area contributed by atoms with Gasteiger partial charge < -0.3 is 9.42 Å². The summed E-state index contributed by atoms with van der Waals surface area (Å²) in [6.07, 6.45) is 7.27. The molecule has 1 atom stereocenters. The largest absolute Gasteiger partial charge is 0.339 e. The molecule has 4 rings (SSSR count). The molecule has 0 radical (unpaired) electrons. The maximum Gasteiger partial charge on any atom is 0.267 e. The van der Waals surface area contributed by atoms with Crippen molar-refractivity contribution in [3.63, 3.8) is 0 Å². The second-order valence-electron chi connectivity index (χ2n) is 7.72. The van der Waals surface area contributed by atoms with E-state index in [1.54, 1.807) is 41.3 Å². The lowest BCUT2D eigenvalue weighted by Gasteiger charge is -2.30. The number of hydrogen-bond donors (Lipinski definition) is 2. The van der Waals surface area contributed by atoms with Gasteiger partial charge in [0.25, 0.3) is 5.91 Å². The number of piperidine rings is 1. The van der Waals surface area contributed by atoms with E-state index in [1.807, 2.05) is 0 Å². The van der Waals surface area contributed by atoms with E-state index in [2.05, 4.69) is 15.1 Å². The van der Waals surface area contributed by atoms with Crippen LogP contribution in [0.2, 0.25) is 0 Å². The predicted molar refractivity (Wildman–Crippen MR) is 120 cm³/mol. The minimum Gasteiger partial charge on any atom is -0.339 e. The molecule has 9 nitrogen and oxygen atoms in total. The molecular weight excluding hydrogens is 441 g/mol. The van der Waals surface area contributed by atoms with E-state index in [0.29, 0.717) is 41.8 Å². The van der Waals surface area contributed by atoms with Crippen LogP contribution in [0.3, 0.4) is 0 Å². The van der Waals surface area contributed by atoms with Gasteiger partial charge in [-0.3, -0.25) is 14.8 Å². The Kier molecular flexibility index (Phi) is 7.19. The summed E-state index contributed by atoms with van der Waals surface area (Å²) >= 11 is 0. The van der Waals surface area contributed by atoms with Crippen molar-refractivity contribution in [2.75, 3.05) is 13.1 Å². The predicted octanol–water partition coefficient (Wildman–Crippen LogP) is 3.21. The third-order valence-corrected chi connectivity index (χ3v) is 5.33. The summed E-state index contributed by atoms with van der Waals surface area (Å²) < 4.78 is 18.6. The average molecular weight is 463 g/mol. The van der Waals surface area contributed by atoms with Crippen LogP contribution < -0.4 is 5.48 Å². The number of nitrogens with zero attached hydrogens (tertiary/aromatic N) is 4. The monoisotopic (exact) mass is 463 g/mol. The molecule has 174 valence electrons. The number of carbonyl (C=O) groups excluding carboxylic acids is 2. The molecule has 0 aliphatic carbocycles. The van der Waals surface area contributed by atoms with E-state index < -0.39 is 5.91 Å². The van der Waals surface area contributed by atoms with Crippen molar-refractivity contribution in [2.24, 2.45) is 0 Å². The molecule has 0 spiro atoms. The summed E-state index contributed by atoms with van der Waals surface area (Å²) in [5.41, 5.74) is 3.22. The molecule has 1 unspecified atom stereocenters. The molecule has 2 aromatic heterocycles. The summed E-state index contributed by atoms with van der Waals surface area (Å²) in [4.78, 5) is 34.4. The zero-order valence-electron chi connectivity index (χ0n) is 18.1. The van der Waals surface area contributed by atoms with Crippen molar-refractivity contribution in [1.29, 1.82) is 0 Å². The highest BCUT2D eigenvalue weighted by Gasteiger charge is 2.28. The van der Waals surface area contributed by atoms with Gasteiger partial charge in [0.1, 0.15) is 5.82 Å². The van der Waals surface area contributed by atoms with E-state index >= 15 is 0 Å². The summed E-state index contributed by atoms with van der Waals surface area (Å²) in [6, 6.07) is 11.0. The lowest BCUT2D eigenvalue weighted by atomic mass is 9.98. The number of pyridine rings is 1. The Morgan fingerprint density at radius 3 is 2.56 bits per heavy atom. The molecule has 3 heterocycles. The van der Waals surface area contributed by atoms with Crippen molar-refractivity contribution in [3.05, 3.63) is 77.7 Å². The number of carbonyl (C=O) groups is 2. The van der Waals surface area contributed by atoms with Crippen LogP contribution in [0.25, 0.3) is 23.5 Å². The Morgan fingerprint density at radius 1 is 1.09 bits per heavy atom. The molecule has 1 saturated heterocycles. The fraction of sp³-hybridized carbons (Fsp3) is 0.208. The van der Waals surface area contributed by atoms with Gasteiger partial charge in [-0.25, -0.2) is 14.9 Å². The molecule has 2 amide bonds. The van der Waals surface area contributed by atoms with Crippen LogP contribution in [-0.2, 0) is 9.59 Å². The molecule has 0 bridgehead atoms. The minimum atomic E-state index is -0.663. The number of halogens is 1. The molecular formula is C24H22FN5O4. The van der Waals surface area contributed by atoms with E-state index in [1.165, 1.54) is 29.8 Å². The van der Waals surface area contributed by atoms with Crippen LogP contribution in [0.1, 0.15) is 36.0 Å². The highest BCUT2D eigenvalue weighted by molar-refractivity contribution is 5.92. The summed E-state index contributed by atoms with van der Waals surface area (Å²) in [6.45, 7) is 1.06. The van der Waals surface area contributed by atoms with Crippen molar-refractivity contribution in [2.45, 2.75) is 18.8 Å². The van der Waals surface area contributed by atoms with Crippen molar-refractivity contribution < 1.29 is 23.7 Å². The van der Waals surface area contributed by atoms with Crippen LogP contribution in [0, 0.1) is 5.82 Å². The highest BCUT2D eigenvalue weighted by Crippen LogP contribution is 2.28. The maximum atomic E-state index is 13.1. The number of aromatic nitrogens is 3. The van der Waals surface area contributed by atoms with Crippen molar-refractivity contribution in [3.8, 4) is 11.4 Å². The van der Waals surface area contributed by atoms with Crippen LogP contribution in [0.4, 0.5) is 4.39 Å². The number of nitrogens with one attached hydrogen (secondary N) is 1. The normalized spacial score (nSPS) is 16.3. The summed E-state index contributed by atoms with van der Waals surface area (Å²) in [5.74, 6) is -0.413. The number of rotatable bonds is 6. The van der Waals surface area contributed by atoms with E-state index in [0.717, 1.165) is 18.9 Å². The summed E-state index contributed by atoms with van der Waals surface area (Å²) in [5, 5.41) is 12.5. The van der Waals surface area contributed by atoms with E-state index in [9.17, 15) is 14.0 Å². The molecule has 2 N–H and O–H groups in total. The van der Waals surface area contributed by atoms with Gasteiger partial charge in [-0.15, -0.1) is 0 Å². The second-order valence-corrected chi connectivity index (χ2v) is 7.72. The van der Waals surface area contributed by atoms with Crippen molar-refractivity contribution in [1.82, 2.24) is 25.5 Å². The SMILES string of the molecule is O=C(C=Cc1cccc(C=CC(=O)N2CCCC(c3nc(-c4ccc(F)cc4)no3)C2)n1)NO. The number of amides is 2. The standard InChI is InChI=1S/C24H22FN5O4/c25-18-8-6-16(7-9-18)23-27-24(34-29-23)17-3-2-14-30(15-17)22(32)13-11-20-5-1-4-19(26-20)10-12-21(31)28-33/h1,4-13,17,33H,2-3,14-15H2,(H,28,31). The third kappa shape index (κ3) is 5.78. The Bertz CT molecular complexity index is 1220. The fourth-order valence-corrected chi connectivity index (χ4v) is 3.61. The van der Waals surface area contributed by atoms with E-state index in [-0.39, 0.29) is 17.6 Å². The number of hydroxylamine groups is 1. The molecule has 0 saturated carbocycles. The lowest BCUT2D eigenvalue weighted by Crippen LogP contribution is -2.38. The van der Waals surface area contributed by atoms with Gasteiger partial charge in [-0.1, -0.05) is 11.2 Å². The molecule has 1 aliphatic rings. The van der Waals surface area contributed by atoms with Crippen LogP contribution >= 0.6 is 0 Å². The topological polar surface area (TPSA) is 121 Å². The molecule has 1 aliphatic heterocycles. The smallest absolute Gasteiger partial charge is 0.267 e.